The lowest BCUT2D eigenvalue weighted by molar-refractivity contribution is -0.523. The van der Waals surface area contributed by atoms with Crippen LogP contribution in [0.25, 0.3) is 26.5 Å². The monoisotopic (exact) mass is 766 g/mol. The maximum absolute atomic E-state index is 11.9. The second kappa shape index (κ2) is 19.3. The van der Waals surface area contributed by atoms with Crippen molar-refractivity contribution in [1.82, 2.24) is 9.97 Å². The first-order valence-corrected chi connectivity index (χ1v) is 19.0. The van der Waals surface area contributed by atoms with Crippen LogP contribution in [0.2, 0.25) is 0 Å². The molecule has 278 valence electrons. The van der Waals surface area contributed by atoms with E-state index in [0.717, 1.165) is 36.6 Å². The predicted octanol–water partition coefficient (Wildman–Crippen LogP) is 8.44. The Morgan fingerprint density at radius 3 is 1.89 bits per heavy atom. The van der Waals surface area contributed by atoms with Crippen LogP contribution in [0.4, 0.5) is 0 Å². The van der Waals surface area contributed by atoms with Gasteiger partial charge in [-0.15, -0.1) is 22.7 Å². The highest BCUT2D eigenvalue weighted by molar-refractivity contribution is 7.19. The van der Waals surface area contributed by atoms with Crippen LogP contribution in [0, 0.1) is 32.1 Å². The number of hydrogen-bond donors (Lipinski definition) is 0. The Labute approximate surface area is 319 Å². The molecule has 4 atom stereocenters. The number of para-hydroxylation sites is 2. The molecule has 0 amide bonds. The van der Waals surface area contributed by atoms with Crippen molar-refractivity contribution in [3.63, 3.8) is 0 Å². The number of nitro groups is 2. The van der Waals surface area contributed by atoms with E-state index >= 15 is 0 Å². The molecule has 0 saturated carbocycles. The van der Waals surface area contributed by atoms with Crippen molar-refractivity contribution in [2.75, 3.05) is 0 Å². The Bertz CT molecular complexity index is 2160. The van der Waals surface area contributed by atoms with E-state index in [0.29, 0.717) is 43.5 Å². The highest BCUT2D eigenvalue weighted by atomic mass is 32.1. The quantitative estimate of drug-likeness (QED) is 0.0503. The molecule has 2 heterocycles. The molecular formula is C40H38N4O8S2. The molecule has 6 rings (SSSR count). The van der Waals surface area contributed by atoms with Crippen molar-refractivity contribution < 1.29 is 28.9 Å². The van der Waals surface area contributed by atoms with Crippen molar-refractivity contribution in [2.45, 2.75) is 76.7 Å². The van der Waals surface area contributed by atoms with Gasteiger partial charge in [0.25, 0.3) is 0 Å². The summed E-state index contributed by atoms with van der Waals surface area (Å²) in [4.78, 5) is 54.0. The second-order valence-electron chi connectivity index (χ2n) is 12.5. The number of thiazole rings is 2. The maximum Gasteiger partial charge on any atom is 0.331 e. The summed E-state index contributed by atoms with van der Waals surface area (Å²) in [6.07, 6.45) is 15.4. The maximum atomic E-state index is 11.9. The SMILES string of the molecule is C[C@H](/C=C\c1nc2ccccc2s1)OC(=O)/C=C/C1=CCCC([N+](=O)[O-])C1.C[C@H](C#Cc1nc2ccccc2s1)OC(=O)/C=C/C1=CCCC([N+](=O)[O-])C1. The van der Waals surface area contributed by atoms with Crippen LogP contribution >= 0.6 is 22.7 Å². The summed E-state index contributed by atoms with van der Waals surface area (Å²) in [5.41, 5.74) is 3.43. The lowest BCUT2D eigenvalue weighted by Gasteiger charge is -2.14. The average Bonchev–Trinajstić information content (AvgIpc) is 3.79. The van der Waals surface area contributed by atoms with Crippen molar-refractivity contribution in [2.24, 2.45) is 0 Å². The Kier molecular flexibility index (Phi) is 14.1. The van der Waals surface area contributed by atoms with Crippen LogP contribution in [0.15, 0.2) is 102 Å². The molecule has 2 unspecified atom stereocenters. The van der Waals surface area contributed by atoms with Crippen LogP contribution in [0.1, 0.15) is 62.4 Å². The summed E-state index contributed by atoms with van der Waals surface area (Å²) >= 11 is 3.06. The number of hydrogen-bond acceptors (Lipinski definition) is 12. The van der Waals surface area contributed by atoms with Crippen LogP contribution in [0.3, 0.4) is 0 Å². The number of esters is 2. The topological polar surface area (TPSA) is 165 Å². The number of nitrogens with zero attached hydrogens (tertiary/aromatic N) is 4. The van der Waals surface area contributed by atoms with Crippen LogP contribution < -0.4 is 0 Å². The molecule has 2 aliphatic carbocycles. The molecule has 0 radical (unpaired) electrons. The molecule has 2 aliphatic rings. The molecule has 2 aromatic heterocycles. The fraction of sp³-hybridized carbons (Fsp3) is 0.300. The van der Waals surface area contributed by atoms with Gasteiger partial charge < -0.3 is 9.47 Å². The highest BCUT2D eigenvalue weighted by Gasteiger charge is 2.24. The van der Waals surface area contributed by atoms with Crippen LogP contribution in [-0.2, 0) is 19.1 Å². The molecule has 0 saturated heterocycles. The van der Waals surface area contributed by atoms with Gasteiger partial charge in [-0.25, -0.2) is 19.6 Å². The number of ether oxygens (including phenoxy) is 2. The first kappa shape index (κ1) is 39.4. The molecule has 2 aromatic carbocycles. The van der Waals surface area contributed by atoms with Crippen molar-refractivity contribution in [3.05, 3.63) is 132 Å². The smallest absolute Gasteiger partial charge is 0.331 e. The highest BCUT2D eigenvalue weighted by Crippen LogP contribution is 2.24. The third-order valence-electron chi connectivity index (χ3n) is 8.31. The Hall–Kier alpha value is -5.78. The van der Waals surface area contributed by atoms with E-state index in [1.165, 1.54) is 23.5 Å². The Morgan fingerprint density at radius 1 is 0.796 bits per heavy atom. The first-order valence-electron chi connectivity index (χ1n) is 17.4. The summed E-state index contributed by atoms with van der Waals surface area (Å²) in [6, 6.07) is 14.5. The molecule has 54 heavy (non-hydrogen) atoms. The summed E-state index contributed by atoms with van der Waals surface area (Å²) in [5.74, 6) is 4.81. The number of carbonyl (C=O) groups is 2. The zero-order valence-corrected chi connectivity index (χ0v) is 31.3. The van der Waals surface area contributed by atoms with E-state index in [9.17, 15) is 29.8 Å². The second-order valence-corrected chi connectivity index (χ2v) is 14.6. The van der Waals surface area contributed by atoms with Crippen molar-refractivity contribution in [1.29, 1.82) is 0 Å². The number of fused-ring (bicyclic) bond motifs is 2. The first-order chi connectivity index (χ1) is 26.0. The largest absolute Gasteiger partial charge is 0.455 e. The molecule has 4 aromatic rings. The van der Waals surface area contributed by atoms with Gasteiger partial charge in [-0.2, -0.15) is 0 Å². The molecule has 14 heteroatoms. The molecule has 0 fully saturated rings. The number of aromatic nitrogens is 2. The summed E-state index contributed by atoms with van der Waals surface area (Å²) < 4.78 is 12.7. The number of allylic oxidation sites excluding steroid dienone is 4. The van der Waals surface area contributed by atoms with Gasteiger partial charge in [-0.05, 0) is 80.2 Å². The van der Waals surface area contributed by atoms with Gasteiger partial charge in [-0.3, -0.25) is 20.2 Å². The van der Waals surface area contributed by atoms with Gasteiger partial charge in [0.1, 0.15) is 11.1 Å². The standard InChI is InChI=1S/C20H20N2O4S.C20H18N2O4S/c2*1-14(9-11-19-21-17-7-2-3-8-18(17)27-19)26-20(23)12-10-15-5-4-6-16(13-15)22(24)25/h2-3,5,7-12,14,16H,4,6,13H2,1H3;2-3,5,7-8,10,12,14,16H,4,6,13H2,1H3/b11-9-,12-10+;12-10+/t2*14-,16?/m11/s1. The zero-order valence-electron chi connectivity index (χ0n) is 29.7. The Morgan fingerprint density at radius 2 is 1.33 bits per heavy atom. The number of rotatable bonds is 10. The normalized spacial score (nSPS) is 18.3. The van der Waals surface area contributed by atoms with Crippen molar-refractivity contribution >= 4 is 61.1 Å². The van der Waals surface area contributed by atoms with Crippen LogP contribution in [0.5, 0.6) is 0 Å². The molecule has 12 nitrogen and oxygen atoms in total. The van der Waals surface area contributed by atoms with E-state index < -0.39 is 36.2 Å². The molecule has 0 bridgehead atoms. The third-order valence-corrected chi connectivity index (χ3v) is 10.3. The van der Waals surface area contributed by atoms with E-state index in [2.05, 4.69) is 21.8 Å². The lowest BCUT2D eigenvalue weighted by atomic mass is 9.95. The lowest BCUT2D eigenvalue weighted by Crippen LogP contribution is -2.22. The van der Waals surface area contributed by atoms with Gasteiger partial charge in [0.05, 0.1) is 20.4 Å². The summed E-state index contributed by atoms with van der Waals surface area (Å²) in [5, 5.41) is 23.3. The minimum Gasteiger partial charge on any atom is -0.455 e. The minimum atomic E-state index is -0.582. The van der Waals surface area contributed by atoms with Crippen LogP contribution in [-0.4, -0.2) is 56.0 Å². The molecule has 0 N–H and O–H groups in total. The molecular weight excluding hydrogens is 729 g/mol. The van der Waals surface area contributed by atoms with Gasteiger partial charge in [0.2, 0.25) is 12.1 Å². The van der Waals surface area contributed by atoms with E-state index in [1.54, 1.807) is 43.4 Å². The van der Waals surface area contributed by atoms with Gasteiger partial charge >= 0.3 is 11.9 Å². The van der Waals surface area contributed by atoms with Gasteiger partial charge in [-0.1, -0.05) is 54.5 Å². The van der Waals surface area contributed by atoms with Gasteiger partial charge in [0, 0.05) is 47.7 Å². The summed E-state index contributed by atoms with van der Waals surface area (Å²) in [7, 11) is 0. The Balaban J connectivity index is 0.000000208. The predicted molar refractivity (Wildman–Crippen MR) is 210 cm³/mol. The van der Waals surface area contributed by atoms with E-state index in [4.69, 9.17) is 9.47 Å². The fourth-order valence-electron chi connectivity index (χ4n) is 5.59. The third kappa shape index (κ3) is 12.1. The van der Waals surface area contributed by atoms with Crippen molar-refractivity contribution in [3.8, 4) is 11.8 Å². The number of benzene rings is 2. The van der Waals surface area contributed by atoms with E-state index in [-0.39, 0.29) is 9.85 Å². The molecule has 0 spiro atoms. The number of carbonyl (C=O) groups excluding carboxylic acids is 2. The minimum absolute atomic E-state index is 0.256. The molecule has 0 aliphatic heterocycles. The van der Waals surface area contributed by atoms with Gasteiger partial charge in [0.15, 0.2) is 11.1 Å². The fourth-order valence-corrected chi connectivity index (χ4v) is 7.30. The summed E-state index contributed by atoms with van der Waals surface area (Å²) in [6.45, 7) is 3.47. The zero-order chi connectivity index (χ0) is 38.5. The average molecular weight is 767 g/mol. The van der Waals surface area contributed by atoms with E-state index in [1.807, 2.05) is 66.8 Å².